The zero-order chi connectivity index (χ0) is 16.7. The van der Waals surface area contributed by atoms with Gasteiger partial charge in [0.15, 0.2) is 0 Å². The number of carbonyl (C=O) groups is 2. The highest BCUT2D eigenvalue weighted by Gasteiger charge is 2.25. The van der Waals surface area contributed by atoms with Gasteiger partial charge in [-0.1, -0.05) is 18.2 Å². The van der Waals surface area contributed by atoms with Gasteiger partial charge in [-0.3, -0.25) is 14.5 Å². The van der Waals surface area contributed by atoms with E-state index in [0.717, 1.165) is 5.69 Å². The van der Waals surface area contributed by atoms with Crippen molar-refractivity contribution < 1.29 is 9.59 Å². The summed E-state index contributed by atoms with van der Waals surface area (Å²) >= 11 is 0. The lowest BCUT2D eigenvalue weighted by molar-refractivity contribution is -0.126. The second kappa shape index (κ2) is 8.54. The molecule has 0 radical (unpaired) electrons. The number of rotatable bonds is 7. The molecule has 0 saturated heterocycles. The average molecular weight is 305 g/mol. The predicted octanol–water partition coefficient (Wildman–Crippen LogP) is 1.88. The molecule has 0 bridgehead atoms. The van der Waals surface area contributed by atoms with Crippen LogP contribution in [0.15, 0.2) is 30.3 Å². The van der Waals surface area contributed by atoms with Crippen LogP contribution in [-0.4, -0.2) is 48.9 Å². The lowest BCUT2D eigenvalue weighted by Gasteiger charge is -2.29. The van der Waals surface area contributed by atoms with E-state index >= 15 is 0 Å². The number of nitrogens with zero attached hydrogens (tertiary/aromatic N) is 2. The Kier molecular flexibility index (Phi) is 7.05. The van der Waals surface area contributed by atoms with Gasteiger partial charge in [0, 0.05) is 18.3 Å². The molecule has 0 aliphatic carbocycles. The monoisotopic (exact) mass is 305 g/mol. The number of likely N-dealkylation sites (N-methyl/N-ethyl adjacent to an activating group) is 2. The summed E-state index contributed by atoms with van der Waals surface area (Å²) in [6, 6.07) is 9.32. The van der Waals surface area contributed by atoms with Crippen molar-refractivity contribution in [1.82, 2.24) is 10.2 Å². The van der Waals surface area contributed by atoms with E-state index in [0.29, 0.717) is 6.54 Å². The highest BCUT2D eigenvalue weighted by molar-refractivity contribution is 5.97. The number of amides is 2. The lowest BCUT2D eigenvalue weighted by atomic mass is 10.2. The topological polar surface area (TPSA) is 52.7 Å². The molecule has 5 heteroatoms. The van der Waals surface area contributed by atoms with Gasteiger partial charge in [0.05, 0.1) is 12.6 Å². The fourth-order valence-corrected chi connectivity index (χ4v) is 2.22. The number of carbonyl (C=O) groups excluding carboxylic acids is 2. The van der Waals surface area contributed by atoms with E-state index in [-0.39, 0.29) is 30.4 Å². The maximum atomic E-state index is 12.7. The summed E-state index contributed by atoms with van der Waals surface area (Å²) < 4.78 is 0. The molecule has 0 spiro atoms. The van der Waals surface area contributed by atoms with Crippen LogP contribution in [0.5, 0.6) is 0 Å². The molecule has 2 amide bonds. The Morgan fingerprint density at radius 1 is 1.14 bits per heavy atom. The number of nitrogens with one attached hydrogen (secondary N) is 1. The van der Waals surface area contributed by atoms with Crippen LogP contribution in [0.25, 0.3) is 0 Å². The molecule has 1 unspecified atom stereocenters. The van der Waals surface area contributed by atoms with Gasteiger partial charge in [-0.2, -0.15) is 0 Å². The van der Waals surface area contributed by atoms with Gasteiger partial charge in [-0.25, -0.2) is 0 Å². The standard InChI is InChI=1S/C17H27N3O2/c1-6-20(15-10-8-7-9-11-15)17(22)14(4)19(5)12-16(21)18-13(2)3/h7-11,13-14H,6,12H2,1-5H3,(H,18,21). The maximum Gasteiger partial charge on any atom is 0.244 e. The van der Waals surface area contributed by atoms with Crippen LogP contribution >= 0.6 is 0 Å². The number of para-hydroxylation sites is 1. The van der Waals surface area contributed by atoms with Crippen molar-refractivity contribution in [3.05, 3.63) is 30.3 Å². The molecular weight excluding hydrogens is 278 g/mol. The van der Waals surface area contributed by atoms with Crippen LogP contribution in [-0.2, 0) is 9.59 Å². The smallest absolute Gasteiger partial charge is 0.244 e. The van der Waals surface area contributed by atoms with E-state index in [1.165, 1.54) is 0 Å². The minimum absolute atomic E-state index is 0.00598. The summed E-state index contributed by atoms with van der Waals surface area (Å²) in [6.45, 7) is 8.41. The van der Waals surface area contributed by atoms with Crippen molar-refractivity contribution in [3.8, 4) is 0 Å². The Hall–Kier alpha value is -1.88. The predicted molar refractivity (Wildman–Crippen MR) is 89.8 cm³/mol. The van der Waals surface area contributed by atoms with E-state index in [4.69, 9.17) is 0 Å². The van der Waals surface area contributed by atoms with Crippen molar-refractivity contribution in [2.75, 3.05) is 25.0 Å². The molecule has 0 aromatic heterocycles. The number of benzene rings is 1. The number of hydrogen-bond donors (Lipinski definition) is 1. The summed E-state index contributed by atoms with van der Waals surface area (Å²) in [5.74, 6) is -0.0755. The summed E-state index contributed by atoms with van der Waals surface area (Å²) in [6.07, 6.45) is 0. The zero-order valence-corrected chi connectivity index (χ0v) is 14.2. The molecule has 0 fully saturated rings. The van der Waals surface area contributed by atoms with Crippen molar-refractivity contribution in [3.63, 3.8) is 0 Å². The fraction of sp³-hybridized carbons (Fsp3) is 0.529. The first-order valence-corrected chi connectivity index (χ1v) is 7.72. The van der Waals surface area contributed by atoms with Crippen LogP contribution in [0.4, 0.5) is 5.69 Å². The number of anilines is 1. The lowest BCUT2D eigenvalue weighted by Crippen LogP contribution is -2.49. The normalized spacial score (nSPS) is 12.3. The van der Waals surface area contributed by atoms with Crippen molar-refractivity contribution in [2.45, 2.75) is 39.8 Å². The Labute approximate surface area is 133 Å². The van der Waals surface area contributed by atoms with Crippen LogP contribution in [0, 0.1) is 0 Å². The average Bonchev–Trinajstić information content (AvgIpc) is 2.47. The summed E-state index contributed by atoms with van der Waals surface area (Å²) in [7, 11) is 1.79. The largest absolute Gasteiger partial charge is 0.353 e. The Balaban J connectivity index is 2.72. The van der Waals surface area contributed by atoms with E-state index in [9.17, 15) is 9.59 Å². The highest BCUT2D eigenvalue weighted by atomic mass is 16.2. The van der Waals surface area contributed by atoms with Gasteiger partial charge in [0.2, 0.25) is 11.8 Å². The van der Waals surface area contributed by atoms with Crippen LogP contribution in [0.3, 0.4) is 0 Å². The van der Waals surface area contributed by atoms with E-state index in [2.05, 4.69) is 5.32 Å². The maximum absolute atomic E-state index is 12.7. The van der Waals surface area contributed by atoms with E-state index in [1.54, 1.807) is 16.8 Å². The summed E-state index contributed by atoms with van der Waals surface area (Å²) in [5, 5.41) is 2.84. The molecule has 0 aliphatic heterocycles. The Bertz CT molecular complexity index is 488. The first-order valence-electron chi connectivity index (χ1n) is 7.72. The third-order valence-electron chi connectivity index (χ3n) is 3.51. The molecule has 1 N–H and O–H groups in total. The second-order valence-electron chi connectivity index (χ2n) is 5.73. The summed E-state index contributed by atoms with van der Waals surface area (Å²) in [5.41, 5.74) is 0.877. The van der Waals surface area contributed by atoms with Crippen LogP contribution in [0.2, 0.25) is 0 Å². The SMILES string of the molecule is CCN(C(=O)C(C)N(C)CC(=O)NC(C)C)c1ccccc1. The van der Waals surface area contributed by atoms with Gasteiger partial charge in [0.1, 0.15) is 0 Å². The third-order valence-corrected chi connectivity index (χ3v) is 3.51. The fourth-order valence-electron chi connectivity index (χ4n) is 2.22. The molecule has 1 atom stereocenters. The molecule has 122 valence electrons. The van der Waals surface area contributed by atoms with Gasteiger partial charge in [-0.15, -0.1) is 0 Å². The first-order chi connectivity index (χ1) is 10.4. The molecule has 1 rings (SSSR count). The molecule has 5 nitrogen and oxygen atoms in total. The minimum atomic E-state index is -0.363. The van der Waals surface area contributed by atoms with Gasteiger partial charge < -0.3 is 10.2 Å². The Morgan fingerprint density at radius 3 is 2.23 bits per heavy atom. The third kappa shape index (κ3) is 5.15. The minimum Gasteiger partial charge on any atom is -0.353 e. The van der Waals surface area contributed by atoms with Crippen molar-refractivity contribution in [2.24, 2.45) is 0 Å². The van der Waals surface area contributed by atoms with Crippen LogP contribution < -0.4 is 10.2 Å². The first kappa shape index (κ1) is 18.2. The molecule has 1 aromatic carbocycles. The van der Waals surface area contributed by atoms with Gasteiger partial charge >= 0.3 is 0 Å². The van der Waals surface area contributed by atoms with E-state index in [1.807, 2.05) is 58.0 Å². The molecule has 0 saturated carbocycles. The molecule has 1 aromatic rings. The summed E-state index contributed by atoms with van der Waals surface area (Å²) in [4.78, 5) is 28.0. The highest BCUT2D eigenvalue weighted by Crippen LogP contribution is 2.15. The molecule has 0 heterocycles. The second-order valence-corrected chi connectivity index (χ2v) is 5.73. The Morgan fingerprint density at radius 2 is 1.73 bits per heavy atom. The van der Waals surface area contributed by atoms with Crippen molar-refractivity contribution >= 4 is 17.5 Å². The molecule has 0 aliphatic rings. The van der Waals surface area contributed by atoms with Crippen LogP contribution in [0.1, 0.15) is 27.7 Å². The molecule has 22 heavy (non-hydrogen) atoms. The van der Waals surface area contributed by atoms with Gasteiger partial charge in [0.25, 0.3) is 0 Å². The quantitative estimate of drug-likeness (QED) is 0.837. The number of hydrogen-bond acceptors (Lipinski definition) is 3. The van der Waals surface area contributed by atoms with Gasteiger partial charge in [-0.05, 0) is 46.9 Å². The van der Waals surface area contributed by atoms with Crippen molar-refractivity contribution in [1.29, 1.82) is 0 Å². The zero-order valence-electron chi connectivity index (χ0n) is 14.2. The molecular formula is C17H27N3O2. The van der Waals surface area contributed by atoms with E-state index < -0.39 is 0 Å².